The number of benzene rings is 2. The fourth-order valence-corrected chi connectivity index (χ4v) is 5.29. The van der Waals surface area contributed by atoms with Gasteiger partial charge in [0, 0.05) is 34.1 Å². The van der Waals surface area contributed by atoms with Crippen molar-refractivity contribution < 1.29 is 13.9 Å². The van der Waals surface area contributed by atoms with Crippen molar-refractivity contribution >= 4 is 21.4 Å². The largest absolute Gasteiger partial charge is 0.396 e. The summed E-state index contributed by atoms with van der Waals surface area (Å²) < 4.78 is 28.6. The number of fused-ring (bicyclic) bond motifs is 1. The lowest BCUT2D eigenvalue weighted by molar-refractivity contribution is 0.0287. The summed E-state index contributed by atoms with van der Waals surface area (Å²) in [6.07, 6.45) is 2.25. The van der Waals surface area contributed by atoms with Gasteiger partial charge in [0.25, 0.3) is 0 Å². The number of thiophene rings is 1. The van der Waals surface area contributed by atoms with Gasteiger partial charge in [-0.3, -0.25) is 4.90 Å². The van der Waals surface area contributed by atoms with Crippen molar-refractivity contribution in [3.63, 3.8) is 0 Å². The molecule has 0 amide bonds. The molecule has 1 atom stereocenters. The SMILES string of the molecule is OC[C@@]1(Cc2ccc(F)cc2F)CCCN(Cc2cc3ccccc3s2)C1. The molecule has 1 saturated heterocycles. The molecule has 1 aliphatic heterocycles. The van der Waals surface area contributed by atoms with Crippen molar-refractivity contribution in [2.45, 2.75) is 25.8 Å². The van der Waals surface area contributed by atoms with E-state index in [1.54, 1.807) is 11.3 Å². The molecular weight excluding hydrogens is 364 g/mol. The van der Waals surface area contributed by atoms with E-state index in [-0.39, 0.29) is 12.0 Å². The zero-order chi connectivity index (χ0) is 18.9. The van der Waals surface area contributed by atoms with Gasteiger partial charge in [0.05, 0.1) is 6.61 Å². The first-order valence-electron chi connectivity index (χ1n) is 9.32. The topological polar surface area (TPSA) is 23.5 Å². The number of nitrogens with zero attached hydrogens (tertiary/aromatic N) is 1. The summed E-state index contributed by atoms with van der Waals surface area (Å²) in [6.45, 7) is 2.54. The number of aliphatic hydroxyl groups excluding tert-OH is 1. The van der Waals surface area contributed by atoms with Crippen LogP contribution in [0.25, 0.3) is 10.1 Å². The predicted molar refractivity (Wildman–Crippen MR) is 106 cm³/mol. The Morgan fingerprint density at radius 2 is 1.96 bits per heavy atom. The van der Waals surface area contributed by atoms with E-state index in [4.69, 9.17) is 0 Å². The molecule has 0 unspecified atom stereocenters. The van der Waals surface area contributed by atoms with Crippen LogP contribution in [0.5, 0.6) is 0 Å². The minimum absolute atomic E-state index is 0.00668. The third-order valence-electron chi connectivity index (χ3n) is 5.51. The fourth-order valence-electron chi connectivity index (χ4n) is 4.18. The van der Waals surface area contributed by atoms with Crippen molar-refractivity contribution in [1.82, 2.24) is 4.90 Å². The number of aliphatic hydroxyl groups is 1. The van der Waals surface area contributed by atoms with E-state index in [0.29, 0.717) is 18.5 Å². The van der Waals surface area contributed by atoms with Crippen LogP contribution in [0.3, 0.4) is 0 Å². The van der Waals surface area contributed by atoms with E-state index < -0.39 is 11.6 Å². The number of hydrogen-bond donors (Lipinski definition) is 1. The van der Waals surface area contributed by atoms with Crippen molar-refractivity contribution in [1.29, 1.82) is 0 Å². The highest BCUT2D eigenvalue weighted by atomic mass is 32.1. The standard InChI is InChI=1S/C22H23F2NOS/c23-18-7-6-17(20(24)11-18)12-22(15-26)8-3-9-25(14-22)13-19-10-16-4-1-2-5-21(16)27-19/h1-2,4-7,10-11,26H,3,8-9,12-15H2/t22-/m1/s1. The first kappa shape index (κ1) is 18.5. The highest BCUT2D eigenvalue weighted by Gasteiger charge is 2.36. The van der Waals surface area contributed by atoms with Gasteiger partial charge in [-0.15, -0.1) is 11.3 Å². The minimum Gasteiger partial charge on any atom is -0.396 e. The predicted octanol–water partition coefficient (Wildman–Crippen LogP) is 5.00. The van der Waals surface area contributed by atoms with Crippen LogP contribution in [0.15, 0.2) is 48.5 Å². The Morgan fingerprint density at radius 1 is 1.11 bits per heavy atom. The van der Waals surface area contributed by atoms with Crippen molar-refractivity contribution in [3.05, 3.63) is 70.6 Å². The molecule has 1 aromatic heterocycles. The van der Waals surface area contributed by atoms with Crippen LogP contribution in [0.2, 0.25) is 0 Å². The molecule has 0 saturated carbocycles. The molecule has 5 heteroatoms. The highest BCUT2D eigenvalue weighted by Crippen LogP contribution is 2.36. The lowest BCUT2D eigenvalue weighted by Gasteiger charge is -2.42. The van der Waals surface area contributed by atoms with Gasteiger partial charge in [-0.05, 0) is 55.0 Å². The summed E-state index contributed by atoms with van der Waals surface area (Å²) in [7, 11) is 0. The molecule has 1 fully saturated rings. The third kappa shape index (κ3) is 4.05. The Hall–Kier alpha value is -1.82. The number of piperidine rings is 1. The molecule has 0 aliphatic carbocycles. The van der Waals surface area contributed by atoms with Gasteiger partial charge in [0.15, 0.2) is 0 Å². The smallest absolute Gasteiger partial charge is 0.129 e. The van der Waals surface area contributed by atoms with Crippen LogP contribution in [-0.4, -0.2) is 29.7 Å². The molecule has 142 valence electrons. The lowest BCUT2D eigenvalue weighted by Crippen LogP contribution is -2.46. The summed E-state index contributed by atoms with van der Waals surface area (Å²) in [4.78, 5) is 3.66. The number of hydrogen-bond acceptors (Lipinski definition) is 3. The fraction of sp³-hybridized carbons (Fsp3) is 0.364. The second-order valence-electron chi connectivity index (χ2n) is 7.64. The van der Waals surface area contributed by atoms with Gasteiger partial charge in [0.1, 0.15) is 11.6 Å². The maximum atomic E-state index is 14.1. The third-order valence-corrected chi connectivity index (χ3v) is 6.61. The molecule has 2 nitrogen and oxygen atoms in total. The molecule has 1 N–H and O–H groups in total. The monoisotopic (exact) mass is 387 g/mol. The van der Waals surface area contributed by atoms with Gasteiger partial charge < -0.3 is 5.11 Å². The zero-order valence-electron chi connectivity index (χ0n) is 15.1. The van der Waals surface area contributed by atoms with E-state index in [1.165, 1.54) is 27.1 Å². The Kier molecular flexibility index (Phi) is 5.26. The summed E-state index contributed by atoms with van der Waals surface area (Å²) in [5.74, 6) is -1.09. The summed E-state index contributed by atoms with van der Waals surface area (Å²) in [5, 5.41) is 11.4. The summed E-state index contributed by atoms with van der Waals surface area (Å²) in [5.41, 5.74) is 0.0994. The Balaban J connectivity index is 1.50. The van der Waals surface area contributed by atoms with Crippen molar-refractivity contribution in [3.8, 4) is 0 Å². The van der Waals surface area contributed by atoms with Crippen LogP contribution < -0.4 is 0 Å². The zero-order valence-corrected chi connectivity index (χ0v) is 15.9. The van der Waals surface area contributed by atoms with E-state index >= 15 is 0 Å². The van der Waals surface area contributed by atoms with E-state index in [9.17, 15) is 13.9 Å². The normalized spacial score (nSPS) is 21.0. The number of halogens is 2. The Labute approximate surface area is 162 Å². The average molecular weight is 387 g/mol. The van der Waals surface area contributed by atoms with Crippen molar-refractivity contribution in [2.24, 2.45) is 5.41 Å². The lowest BCUT2D eigenvalue weighted by atomic mass is 9.75. The van der Waals surface area contributed by atoms with Crippen LogP contribution >= 0.6 is 11.3 Å². The van der Waals surface area contributed by atoms with E-state index in [1.807, 2.05) is 6.07 Å². The van der Waals surface area contributed by atoms with Crippen LogP contribution in [0.4, 0.5) is 8.78 Å². The average Bonchev–Trinajstić information content (AvgIpc) is 3.06. The second kappa shape index (κ2) is 7.66. The van der Waals surface area contributed by atoms with Crippen molar-refractivity contribution in [2.75, 3.05) is 19.7 Å². The van der Waals surface area contributed by atoms with Gasteiger partial charge >= 0.3 is 0 Å². The molecule has 2 aromatic carbocycles. The summed E-state index contributed by atoms with van der Waals surface area (Å²) >= 11 is 1.80. The number of rotatable bonds is 5. The molecule has 4 rings (SSSR count). The maximum Gasteiger partial charge on any atom is 0.129 e. The van der Waals surface area contributed by atoms with Crippen LogP contribution in [-0.2, 0) is 13.0 Å². The Bertz CT molecular complexity index is 908. The highest BCUT2D eigenvalue weighted by molar-refractivity contribution is 7.19. The molecule has 27 heavy (non-hydrogen) atoms. The molecule has 1 aliphatic rings. The van der Waals surface area contributed by atoms with Gasteiger partial charge in [-0.25, -0.2) is 8.78 Å². The second-order valence-corrected chi connectivity index (χ2v) is 8.80. The molecular formula is C22H23F2NOS. The maximum absolute atomic E-state index is 14.1. The quantitative estimate of drug-likeness (QED) is 0.666. The summed E-state index contributed by atoms with van der Waals surface area (Å²) in [6, 6.07) is 14.3. The van der Waals surface area contributed by atoms with E-state index in [0.717, 1.165) is 32.0 Å². The van der Waals surface area contributed by atoms with E-state index in [2.05, 4.69) is 29.2 Å². The molecule has 0 bridgehead atoms. The minimum atomic E-state index is -0.565. The van der Waals surface area contributed by atoms with Gasteiger partial charge in [-0.2, -0.15) is 0 Å². The first-order valence-corrected chi connectivity index (χ1v) is 10.1. The van der Waals surface area contributed by atoms with Gasteiger partial charge in [0.2, 0.25) is 0 Å². The molecule has 0 spiro atoms. The van der Waals surface area contributed by atoms with Crippen LogP contribution in [0, 0.1) is 17.0 Å². The van der Waals surface area contributed by atoms with Gasteiger partial charge in [-0.1, -0.05) is 24.3 Å². The first-order chi connectivity index (χ1) is 13.1. The van der Waals surface area contributed by atoms with Crippen LogP contribution in [0.1, 0.15) is 23.3 Å². The molecule has 2 heterocycles. The Morgan fingerprint density at radius 3 is 2.74 bits per heavy atom. The molecule has 3 aromatic rings. The molecule has 0 radical (unpaired) electrons. The number of likely N-dealkylation sites (tertiary alicyclic amines) is 1.